The Labute approximate surface area is 88.5 Å². The number of hydrogen-bond donors (Lipinski definition) is 1. The summed E-state index contributed by atoms with van der Waals surface area (Å²) in [6.45, 7) is 1.48. The largest absolute Gasteiger partial charge is 0.349 e. The van der Waals surface area contributed by atoms with Crippen LogP contribution in [0.4, 0.5) is 0 Å². The number of thiocarbonyl (C=S) groups is 1. The lowest BCUT2D eigenvalue weighted by Gasteiger charge is -2.11. The van der Waals surface area contributed by atoms with Crippen molar-refractivity contribution in [1.82, 2.24) is 10.3 Å². The number of rotatable bonds is 4. The second-order valence-electron chi connectivity index (χ2n) is 2.97. The van der Waals surface area contributed by atoms with Crippen molar-refractivity contribution in [2.75, 3.05) is 0 Å². The van der Waals surface area contributed by atoms with E-state index in [1.54, 1.807) is 11.6 Å². The van der Waals surface area contributed by atoms with Crippen LogP contribution >= 0.6 is 12.2 Å². The van der Waals surface area contributed by atoms with Crippen molar-refractivity contribution in [2.24, 2.45) is 0 Å². The zero-order chi connectivity index (χ0) is 10.4. The molecule has 0 spiro atoms. The topological polar surface area (TPSA) is 42.0 Å². The first-order valence-electron chi connectivity index (χ1n) is 4.34. The quantitative estimate of drug-likeness (QED) is 0.754. The fourth-order valence-corrected chi connectivity index (χ4v) is 1.30. The third-order valence-electron chi connectivity index (χ3n) is 1.71. The van der Waals surface area contributed by atoms with Crippen molar-refractivity contribution in [3.05, 3.63) is 30.1 Å². The Morgan fingerprint density at radius 1 is 1.71 bits per heavy atom. The predicted molar refractivity (Wildman–Crippen MR) is 59.2 cm³/mol. The molecule has 0 aliphatic heterocycles. The zero-order valence-electron chi connectivity index (χ0n) is 7.93. The van der Waals surface area contributed by atoms with E-state index in [4.69, 9.17) is 12.2 Å². The lowest BCUT2D eigenvalue weighted by atomic mass is 10.1. The summed E-state index contributed by atoms with van der Waals surface area (Å²) in [6.07, 6.45) is 2.37. The molecule has 14 heavy (non-hydrogen) atoms. The Morgan fingerprint density at radius 3 is 3.00 bits per heavy atom. The van der Waals surface area contributed by atoms with E-state index in [1.807, 2.05) is 18.2 Å². The van der Waals surface area contributed by atoms with E-state index in [9.17, 15) is 4.79 Å². The monoisotopic (exact) mass is 208 g/mol. The predicted octanol–water partition coefficient (Wildman–Crippen LogP) is 1.13. The van der Waals surface area contributed by atoms with Crippen molar-refractivity contribution < 1.29 is 4.79 Å². The van der Waals surface area contributed by atoms with Crippen molar-refractivity contribution in [3.63, 3.8) is 0 Å². The summed E-state index contributed by atoms with van der Waals surface area (Å²) < 4.78 is 0. The number of nitrogens with one attached hydrogen (secondary N) is 1. The van der Waals surface area contributed by atoms with Gasteiger partial charge in [-0.25, -0.2) is 0 Å². The van der Waals surface area contributed by atoms with Gasteiger partial charge < -0.3 is 5.32 Å². The normalized spacial score (nSPS) is 11.8. The summed E-state index contributed by atoms with van der Waals surface area (Å²) in [7, 11) is 0. The number of amides is 1. The molecule has 1 unspecified atom stereocenters. The summed E-state index contributed by atoms with van der Waals surface area (Å²) in [5.41, 5.74) is 0.923. The van der Waals surface area contributed by atoms with E-state index in [0.29, 0.717) is 6.42 Å². The van der Waals surface area contributed by atoms with Gasteiger partial charge in [0.1, 0.15) is 0 Å². The van der Waals surface area contributed by atoms with Gasteiger partial charge in [-0.2, -0.15) is 0 Å². The molecule has 0 bridgehead atoms. The number of carbonyl (C=O) groups is 1. The van der Waals surface area contributed by atoms with E-state index in [1.165, 1.54) is 6.92 Å². The van der Waals surface area contributed by atoms with Gasteiger partial charge in [0.25, 0.3) is 0 Å². The van der Waals surface area contributed by atoms with Crippen molar-refractivity contribution in [2.45, 2.75) is 19.4 Å². The molecule has 1 N–H and O–H groups in total. The fourth-order valence-electron chi connectivity index (χ4n) is 1.14. The highest BCUT2D eigenvalue weighted by Gasteiger charge is 2.07. The molecular weight excluding hydrogens is 196 g/mol. The standard InChI is InChI=1S/C10H12N2OS/c1-8(13)12-10(7-14)6-9-4-2-3-5-11-9/h2-5,7,10H,6H2,1H3,(H,12,13). The zero-order valence-corrected chi connectivity index (χ0v) is 8.75. The Balaban J connectivity index is 2.57. The van der Waals surface area contributed by atoms with Crippen molar-refractivity contribution in [3.8, 4) is 0 Å². The van der Waals surface area contributed by atoms with E-state index in [0.717, 1.165) is 5.69 Å². The third kappa shape index (κ3) is 3.62. The highest BCUT2D eigenvalue weighted by molar-refractivity contribution is 7.79. The molecule has 0 aromatic carbocycles. The van der Waals surface area contributed by atoms with Crippen LogP contribution in [-0.2, 0) is 11.2 Å². The van der Waals surface area contributed by atoms with E-state index >= 15 is 0 Å². The van der Waals surface area contributed by atoms with E-state index in [-0.39, 0.29) is 11.9 Å². The molecule has 1 aromatic heterocycles. The second-order valence-corrected chi connectivity index (χ2v) is 3.24. The van der Waals surface area contributed by atoms with Gasteiger partial charge in [0.2, 0.25) is 5.91 Å². The maximum atomic E-state index is 10.8. The van der Waals surface area contributed by atoms with Crippen molar-refractivity contribution >= 4 is 23.5 Å². The molecular formula is C10H12N2OS. The molecule has 0 aliphatic rings. The van der Waals surface area contributed by atoms with Crippen LogP contribution in [0, 0.1) is 0 Å². The van der Waals surface area contributed by atoms with Gasteiger partial charge in [0.15, 0.2) is 0 Å². The highest BCUT2D eigenvalue weighted by Crippen LogP contribution is 1.98. The molecule has 1 amide bonds. The van der Waals surface area contributed by atoms with E-state index in [2.05, 4.69) is 10.3 Å². The number of aromatic nitrogens is 1. The minimum atomic E-state index is -0.114. The Morgan fingerprint density at radius 2 is 2.50 bits per heavy atom. The molecule has 4 heteroatoms. The smallest absolute Gasteiger partial charge is 0.217 e. The first kappa shape index (κ1) is 10.8. The maximum absolute atomic E-state index is 10.8. The van der Waals surface area contributed by atoms with Crippen LogP contribution < -0.4 is 5.32 Å². The molecule has 1 rings (SSSR count). The SMILES string of the molecule is CC(=O)NC(C=S)Cc1ccccn1. The summed E-state index contributed by atoms with van der Waals surface area (Å²) >= 11 is 4.82. The van der Waals surface area contributed by atoms with Crippen LogP contribution in [0.5, 0.6) is 0 Å². The molecule has 0 saturated heterocycles. The second kappa shape index (κ2) is 5.44. The molecule has 0 radical (unpaired) electrons. The van der Waals surface area contributed by atoms with Crippen LogP contribution in [0.25, 0.3) is 0 Å². The van der Waals surface area contributed by atoms with Gasteiger partial charge in [-0.05, 0) is 12.1 Å². The Bertz CT molecular complexity index is 313. The first-order valence-corrected chi connectivity index (χ1v) is 4.82. The number of hydrogen-bond acceptors (Lipinski definition) is 3. The number of carbonyl (C=O) groups excluding carboxylic acids is 1. The summed E-state index contributed by atoms with van der Waals surface area (Å²) in [5, 5.41) is 4.29. The molecule has 0 saturated carbocycles. The Kier molecular flexibility index (Phi) is 4.19. The maximum Gasteiger partial charge on any atom is 0.217 e. The van der Waals surface area contributed by atoms with Gasteiger partial charge in [-0.15, -0.1) is 0 Å². The van der Waals surface area contributed by atoms with Crippen LogP contribution in [0.15, 0.2) is 24.4 Å². The van der Waals surface area contributed by atoms with Crippen LogP contribution in [0.1, 0.15) is 12.6 Å². The Hall–Kier alpha value is -1.29. The number of pyridine rings is 1. The molecule has 0 fully saturated rings. The fraction of sp³-hybridized carbons (Fsp3) is 0.300. The van der Waals surface area contributed by atoms with E-state index < -0.39 is 0 Å². The minimum absolute atomic E-state index is 0.0768. The minimum Gasteiger partial charge on any atom is -0.349 e. The number of nitrogens with zero attached hydrogens (tertiary/aromatic N) is 1. The molecule has 74 valence electrons. The van der Waals surface area contributed by atoms with Crippen LogP contribution in [0.3, 0.4) is 0 Å². The first-order chi connectivity index (χ1) is 6.72. The van der Waals surface area contributed by atoms with Gasteiger partial charge in [0.05, 0.1) is 6.04 Å². The van der Waals surface area contributed by atoms with Crippen LogP contribution in [-0.4, -0.2) is 22.3 Å². The van der Waals surface area contributed by atoms with Gasteiger partial charge in [-0.3, -0.25) is 9.78 Å². The van der Waals surface area contributed by atoms with Gasteiger partial charge >= 0.3 is 0 Å². The molecule has 1 atom stereocenters. The summed E-state index contributed by atoms with van der Waals surface area (Å²) in [4.78, 5) is 15.0. The highest BCUT2D eigenvalue weighted by atomic mass is 32.1. The van der Waals surface area contributed by atoms with Gasteiger partial charge in [-0.1, -0.05) is 18.3 Å². The third-order valence-corrected chi connectivity index (χ3v) is 2.04. The average molecular weight is 208 g/mol. The lowest BCUT2D eigenvalue weighted by molar-refractivity contribution is -0.119. The molecule has 1 aromatic rings. The summed E-state index contributed by atoms with van der Waals surface area (Å²) in [6, 6.07) is 5.57. The van der Waals surface area contributed by atoms with Crippen LogP contribution in [0.2, 0.25) is 0 Å². The molecule has 3 nitrogen and oxygen atoms in total. The van der Waals surface area contributed by atoms with Crippen molar-refractivity contribution in [1.29, 1.82) is 0 Å². The average Bonchev–Trinajstić information content (AvgIpc) is 2.17. The summed E-state index contributed by atoms with van der Waals surface area (Å²) in [5.74, 6) is -0.0768. The van der Waals surface area contributed by atoms with Gasteiger partial charge in [0, 0.05) is 30.6 Å². The molecule has 1 heterocycles. The lowest BCUT2D eigenvalue weighted by Crippen LogP contribution is -2.35. The molecule has 0 aliphatic carbocycles.